The molecule has 0 aliphatic carbocycles. The van der Waals surface area contributed by atoms with E-state index in [0.717, 1.165) is 5.69 Å². The van der Waals surface area contributed by atoms with Gasteiger partial charge in [-0.2, -0.15) is 0 Å². The van der Waals surface area contributed by atoms with Crippen molar-refractivity contribution < 1.29 is 4.74 Å². The lowest BCUT2D eigenvalue weighted by Gasteiger charge is -2.10. The fourth-order valence-corrected chi connectivity index (χ4v) is 1.45. The number of imidazole rings is 1. The molecular formula is C12H15N3O. The first-order valence-electron chi connectivity index (χ1n) is 5.30. The van der Waals surface area contributed by atoms with Gasteiger partial charge in [-0.25, -0.2) is 4.98 Å². The molecule has 0 spiro atoms. The van der Waals surface area contributed by atoms with E-state index in [1.165, 1.54) is 0 Å². The molecule has 0 N–H and O–H groups in total. The summed E-state index contributed by atoms with van der Waals surface area (Å²) in [6.07, 6.45) is 5.37. The smallest absolute Gasteiger partial charge is 0.302 e. The van der Waals surface area contributed by atoms with Gasteiger partial charge in [0.2, 0.25) is 0 Å². The topological polar surface area (TPSA) is 39.9 Å². The molecule has 0 aliphatic rings. The Morgan fingerprint density at radius 1 is 1.38 bits per heavy atom. The Balaban J connectivity index is 2.28. The van der Waals surface area contributed by atoms with Gasteiger partial charge in [-0.3, -0.25) is 9.55 Å². The first-order valence-corrected chi connectivity index (χ1v) is 5.30. The molecule has 0 amide bonds. The maximum absolute atomic E-state index is 5.68. The van der Waals surface area contributed by atoms with Gasteiger partial charge in [0.1, 0.15) is 5.75 Å². The van der Waals surface area contributed by atoms with Gasteiger partial charge < -0.3 is 4.74 Å². The van der Waals surface area contributed by atoms with Crippen LogP contribution in [0.15, 0.2) is 30.7 Å². The fraction of sp³-hybridized carbons (Fsp3) is 0.333. The fourth-order valence-electron chi connectivity index (χ4n) is 1.45. The lowest BCUT2D eigenvalue weighted by Crippen LogP contribution is -2.02. The molecule has 2 aromatic rings. The van der Waals surface area contributed by atoms with E-state index < -0.39 is 0 Å². The van der Waals surface area contributed by atoms with Crippen LogP contribution in [0, 0.1) is 6.92 Å². The minimum Gasteiger partial charge on any atom is -0.424 e. The van der Waals surface area contributed by atoms with E-state index in [1.54, 1.807) is 12.4 Å². The molecule has 0 atom stereocenters. The van der Waals surface area contributed by atoms with Crippen LogP contribution in [0.5, 0.6) is 11.8 Å². The molecule has 0 aromatic carbocycles. The van der Waals surface area contributed by atoms with Crippen molar-refractivity contribution in [3.63, 3.8) is 0 Å². The average molecular weight is 217 g/mol. The van der Waals surface area contributed by atoms with Crippen LogP contribution < -0.4 is 4.74 Å². The van der Waals surface area contributed by atoms with Crippen LogP contribution >= 0.6 is 0 Å². The number of rotatable bonds is 3. The maximum atomic E-state index is 5.68. The summed E-state index contributed by atoms with van der Waals surface area (Å²) < 4.78 is 7.68. The zero-order valence-corrected chi connectivity index (χ0v) is 9.71. The van der Waals surface area contributed by atoms with Crippen molar-refractivity contribution in [3.8, 4) is 11.8 Å². The molecule has 0 unspecified atom stereocenters. The molecule has 0 saturated heterocycles. The largest absolute Gasteiger partial charge is 0.424 e. The molecule has 0 aliphatic heterocycles. The molecule has 0 fully saturated rings. The number of hydrogen-bond donors (Lipinski definition) is 0. The van der Waals surface area contributed by atoms with E-state index in [0.29, 0.717) is 17.8 Å². The summed E-state index contributed by atoms with van der Waals surface area (Å²) in [6.45, 7) is 6.14. The number of pyridine rings is 1. The highest BCUT2D eigenvalue weighted by atomic mass is 16.5. The third-order valence-corrected chi connectivity index (χ3v) is 2.22. The van der Waals surface area contributed by atoms with Gasteiger partial charge in [0.05, 0.1) is 11.9 Å². The van der Waals surface area contributed by atoms with Crippen LogP contribution in [0.4, 0.5) is 0 Å². The van der Waals surface area contributed by atoms with E-state index in [4.69, 9.17) is 4.74 Å². The minimum atomic E-state index is 0.327. The number of ether oxygens (including phenoxy) is 1. The lowest BCUT2D eigenvalue weighted by atomic mass is 10.4. The Morgan fingerprint density at radius 3 is 2.81 bits per heavy atom. The van der Waals surface area contributed by atoms with Crippen LogP contribution in [0.1, 0.15) is 25.6 Å². The summed E-state index contributed by atoms with van der Waals surface area (Å²) in [6, 6.07) is 4.64. The highest BCUT2D eigenvalue weighted by molar-refractivity contribution is 5.21. The van der Waals surface area contributed by atoms with E-state index in [1.807, 2.05) is 29.8 Å². The predicted molar refractivity (Wildman–Crippen MR) is 61.7 cm³/mol. The third kappa shape index (κ3) is 2.21. The molecule has 84 valence electrons. The SMILES string of the molecule is Cc1cn(C(C)C)c(Oc2cccnc2)n1. The van der Waals surface area contributed by atoms with E-state index in [9.17, 15) is 0 Å². The zero-order chi connectivity index (χ0) is 11.5. The molecule has 0 radical (unpaired) electrons. The van der Waals surface area contributed by atoms with E-state index in [-0.39, 0.29) is 0 Å². The summed E-state index contributed by atoms with van der Waals surface area (Å²) in [4.78, 5) is 8.34. The Morgan fingerprint density at radius 2 is 2.19 bits per heavy atom. The molecule has 2 aromatic heterocycles. The molecule has 2 rings (SSSR count). The summed E-state index contributed by atoms with van der Waals surface area (Å²) in [5.41, 5.74) is 0.951. The van der Waals surface area contributed by atoms with Crippen molar-refractivity contribution in [3.05, 3.63) is 36.4 Å². The van der Waals surface area contributed by atoms with E-state index >= 15 is 0 Å². The minimum absolute atomic E-state index is 0.327. The normalized spacial score (nSPS) is 10.8. The zero-order valence-electron chi connectivity index (χ0n) is 9.71. The summed E-state index contributed by atoms with van der Waals surface area (Å²) in [5, 5.41) is 0. The number of aryl methyl sites for hydroxylation is 1. The van der Waals surface area contributed by atoms with Crippen molar-refractivity contribution in [2.45, 2.75) is 26.8 Å². The predicted octanol–water partition coefficient (Wildman–Crippen LogP) is 2.96. The van der Waals surface area contributed by atoms with Gasteiger partial charge in [0, 0.05) is 18.4 Å². The third-order valence-electron chi connectivity index (χ3n) is 2.22. The molecule has 4 heteroatoms. The van der Waals surface area contributed by atoms with E-state index in [2.05, 4.69) is 23.8 Å². The second-order valence-corrected chi connectivity index (χ2v) is 3.96. The lowest BCUT2D eigenvalue weighted by molar-refractivity contribution is 0.394. The Hall–Kier alpha value is -1.84. The highest BCUT2D eigenvalue weighted by Gasteiger charge is 2.10. The summed E-state index contributed by atoms with van der Waals surface area (Å²) in [7, 11) is 0. The summed E-state index contributed by atoms with van der Waals surface area (Å²) in [5.74, 6) is 0.704. The van der Waals surface area contributed by atoms with Crippen LogP contribution in [-0.2, 0) is 0 Å². The van der Waals surface area contributed by atoms with Gasteiger partial charge in [-0.15, -0.1) is 0 Å². The standard InChI is InChI=1S/C12H15N3O/c1-9(2)15-8-10(3)14-12(15)16-11-5-4-6-13-7-11/h4-9H,1-3H3. The second kappa shape index (κ2) is 4.35. The molecule has 0 saturated carbocycles. The Kier molecular flexibility index (Phi) is 2.90. The van der Waals surface area contributed by atoms with Crippen molar-refractivity contribution in [2.75, 3.05) is 0 Å². The maximum Gasteiger partial charge on any atom is 0.302 e. The second-order valence-electron chi connectivity index (χ2n) is 3.96. The first kappa shape index (κ1) is 10.7. The monoisotopic (exact) mass is 217 g/mol. The van der Waals surface area contributed by atoms with Crippen molar-refractivity contribution in [1.82, 2.24) is 14.5 Å². The number of aromatic nitrogens is 3. The Bertz CT molecular complexity index is 462. The molecular weight excluding hydrogens is 202 g/mol. The molecule has 2 heterocycles. The molecule has 4 nitrogen and oxygen atoms in total. The van der Waals surface area contributed by atoms with Crippen molar-refractivity contribution in [2.24, 2.45) is 0 Å². The quantitative estimate of drug-likeness (QED) is 0.793. The van der Waals surface area contributed by atoms with Crippen LogP contribution in [0.3, 0.4) is 0 Å². The van der Waals surface area contributed by atoms with Crippen molar-refractivity contribution in [1.29, 1.82) is 0 Å². The first-order chi connectivity index (χ1) is 7.66. The van der Waals surface area contributed by atoms with Gasteiger partial charge in [0.15, 0.2) is 0 Å². The van der Waals surface area contributed by atoms with Crippen molar-refractivity contribution >= 4 is 0 Å². The highest BCUT2D eigenvalue weighted by Crippen LogP contribution is 2.22. The van der Waals surface area contributed by atoms with Crippen LogP contribution in [-0.4, -0.2) is 14.5 Å². The molecule has 0 bridgehead atoms. The van der Waals surface area contributed by atoms with Gasteiger partial charge in [-0.05, 0) is 32.9 Å². The Labute approximate surface area is 94.9 Å². The van der Waals surface area contributed by atoms with Gasteiger partial charge in [-0.1, -0.05) is 0 Å². The number of nitrogens with zero attached hydrogens (tertiary/aromatic N) is 3. The average Bonchev–Trinajstić information content (AvgIpc) is 2.61. The van der Waals surface area contributed by atoms with Crippen LogP contribution in [0.25, 0.3) is 0 Å². The molecule has 16 heavy (non-hydrogen) atoms. The van der Waals surface area contributed by atoms with Gasteiger partial charge >= 0.3 is 6.01 Å². The summed E-state index contributed by atoms with van der Waals surface area (Å²) >= 11 is 0. The number of hydrogen-bond acceptors (Lipinski definition) is 3. The van der Waals surface area contributed by atoms with Gasteiger partial charge in [0.25, 0.3) is 0 Å². The van der Waals surface area contributed by atoms with Crippen LogP contribution in [0.2, 0.25) is 0 Å².